The number of alkyl halides is 1. The zero-order valence-corrected chi connectivity index (χ0v) is 9.12. The van der Waals surface area contributed by atoms with Crippen LogP contribution in [0.25, 0.3) is 0 Å². The van der Waals surface area contributed by atoms with E-state index < -0.39 is 0 Å². The molecule has 1 unspecified atom stereocenters. The fraction of sp³-hybridized carbons (Fsp3) is 0.778. The fourth-order valence-corrected chi connectivity index (χ4v) is 1.26. The summed E-state index contributed by atoms with van der Waals surface area (Å²) in [4.78, 5) is 0. The molecule has 0 aliphatic heterocycles. The molecule has 1 aromatic heterocycles. The summed E-state index contributed by atoms with van der Waals surface area (Å²) in [5, 5.41) is 7.76. The first kappa shape index (κ1) is 10.5. The minimum absolute atomic E-state index is 0.435. The number of hydrogen-bond acceptors (Lipinski definition) is 2. The van der Waals surface area contributed by atoms with Crippen LogP contribution in [0.4, 0.5) is 0 Å². The molecule has 1 atom stereocenters. The quantitative estimate of drug-likeness (QED) is 0.700. The predicted octanol–water partition coefficient (Wildman–Crippen LogP) is 2.31. The summed E-state index contributed by atoms with van der Waals surface area (Å²) in [7, 11) is 0. The van der Waals surface area contributed by atoms with Gasteiger partial charge in [0.15, 0.2) is 0 Å². The number of rotatable bonds is 4. The molecule has 0 N–H and O–H groups in total. The lowest BCUT2D eigenvalue weighted by atomic mass is 9.98. The van der Waals surface area contributed by atoms with Crippen molar-refractivity contribution in [2.75, 3.05) is 0 Å². The highest BCUT2D eigenvalue weighted by molar-refractivity contribution is 6.16. The van der Waals surface area contributed by atoms with Crippen LogP contribution in [0, 0.1) is 11.8 Å². The minimum Gasteiger partial charge on any atom is -0.316 e. The molecule has 0 radical (unpaired) electrons. The summed E-state index contributed by atoms with van der Waals surface area (Å²) in [6.45, 7) is 7.61. The molecule has 0 aromatic carbocycles. The van der Waals surface area contributed by atoms with Crippen LogP contribution in [0.5, 0.6) is 0 Å². The maximum Gasteiger partial charge on any atom is 0.147 e. The number of hydrogen-bond donors (Lipinski definition) is 0. The Bertz CT molecular complexity index is 257. The van der Waals surface area contributed by atoms with Crippen molar-refractivity contribution in [2.24, 2.45) is 11.8 Å². The molecule has 0 aliphatic rings. The van der Waals surface area contributed by atoms with Crippen molar-refractivity contribution in [3.8, 4) is 0 Å². The summed E-state index contributed by atoms with van der Waals surface area (Å²) < 4.78 is 2.03. The molecule has 13 heavy (non-hydrogen) atoms. The standard InChI is InChI=1S/C9H16ClN3/c1-7(2)8(3)5-13-6-11-12-9(13)4-10/h6-8H,4-5H2,1-3H3. The average Bonchev–Trinajstić information content (AvgIpc) is 2.51. The van der Waals surface area contributed by atoms with Crippen molar-refractivity contribution < 1.29 is 0 Å². The van der Waals surface area contributed by atoms with Gasteiger partial charge in [0.25, 0.3) is 0 Å². The van der Waals surface area contributed by atoms with Crippen LogP contribution < -0.4 is 0 Å². The second kappa shape index (κ2) is 4.61. The second-order valence-corrected chi connectivity index (χ2v) is 4.02. The van der Waals surface area contributed by atoms with Crippen molar-refractivity contribution in [2.45, 2.75) is 33.2 Å². The molecule has 0 amide bonds. The van der Waals surface area contributed by atoms with Crippen LogP contribution in [-0.4, -0.2) is 14.8 Å². The molecule has 1 rings (SSSR count). The Morgan fingerprint density at radius 1 is 1.46 bits per heavy atom. The van der Waals surface area contributed by atoms with E-state index in [0.29, 0.717) is 17.7 Å². The van der Waals surface area contributed by atoms with E-state index in [-0.39, 0.29) is 0 Å². The first-order valence-corrected chi connectivity index (χ1v) is 5.11. The van der Waals surface area contributed by atoms with E-state index in [4.69, 9.17) is 11.6 Å². The van der Waals surface area contributed by atoms with Crippen LogP contribution in [0.3, 0.4) is 0 Å². The number of aromatic nitrogens is 3. The minimum atomic E-state index is 0.435. The van der Waals surface area contributed by atoms with E-state index in [0.717, 1.165) is 12.4 Å². The van der Waals surface area contributed by atoms with Crippen molar-refractivity contribution in [1.82, 2.24) is 14.8 Å². The molecule has 3 nitrogen and oxygen atoms in total. The number of nitrogens with zero attached hydrogens (tertiary/aromatic N) is 3. The highest BCUT2D eigenvalue weighted by Gasteiger charge is 2.10. The molecule has 1 heterocycles. The summed E-state index contributed by atoms with van der Waals surface area (Å²) >= 11 is 5.71. The molecule has 0 spiro atoms. The van der Waals surface area contributed by atoms with Gasteiger partial charge in [-0.2, -0.15) is 0 Å². The summed E-state index contributed by atoms with van der Waals surface area (Å²) in [6, 6.07) is 0. The highest BCUT2D eigenvalue weighted by atomic mass is 35.5. The van der Waals surface area contributed by atoms with Gasteiger partial charge in [-0.25, -0.2) is 0 Å². The van der Waals surface area contributed by atoms with Crippen LogP contribution in [0.1, 0.15) is 26.6 Å². The lowest BCUT2D eigenvalue weighted by Gasteiger charge is -2.16. The first-order chi connectivity index (χ1) is 6.15. The Morgan fingerprint density at radius 3 is 2.69 bits per heavy atom. The lowest BCUT2D eigenvalue weighted by Crippen LogP contribution is -2.14. The van der Waals surface area contributed by atoms with E-state index >= 15 is 0 Å². The van der Waals surface area contributed by atoms with E-state index in [9.17, 15) is 0 Å². The van der Waals surface area contributed by atoms with Gasteiger partial charge < -0.3 is 4.57 Å². The second-order valence-electron chi connectivity index (χ2n) is 3.75. The molecule has 0 bridgehead atoms. The molecule has 0 aliphatic carbocycles. The largest absolute Gasteiger partial charge is 0.316 e. The van der Waals surface area contributed by atoms with E-state index in [1.54, 1.807) is 6.33 Å². The van der Waals surface area contributed by atoms with E-state index in [1.165, 1.54) is 0 Å². The molecule has 0 fully saturated rings. The fourth-order valence-electron chi connectivity index (χ4n) is 1.06. The monoisotopic (exact) mass is 201 g/mol. The van der Waals surface area contributed by atoms with Crippen LogP contribution in [0.15, 0.2) is 6.33 Å². The van der Waals surface area contributed by atoms with Crippen molar-refractivity contribution in [1.29, 1.82) is 0 Å². The van der Waals surface area contributed by atoms with Gasteiger partial charge in [-0.05, 0) is 11.8 Å². The van der Waals surface area contributed by atoms with E-state index in [2.05, 4.69) is 31.0 Å². The zero-order valence-electron chi connectivity index (χ0n) is 8.37. The van der Waals surface area contributed by atoms with Gasteiger partial charge in [0, 0.05) is 6.54 Å². The Labute approximate surface area is 84.1 Å². The Morgan fingerprint density at radius 2 is 2.15 bits per heavy atom. The van der Waals surface area contributed by atoms with Gasteiger partial charge >= 0.3 is 0 Å². The molecule has 1 aromatic rings. The van der Waals surface area contributed by atoms with Crippen molar-refractivity contribution >= 4 is 11.6 Å². The van der Waals surface area contributed by atoms with Gasteiger partial charge in [0.05, 0.1) is 5.88 Å². The van der Waals surface area contributed by atoms with Crippen LogP contribution in [0.2, 0.25) is 0 Å². The summed E-state index contributed by atoms with van der Waals surface area (Å²) in [5.41, 5.74) is 0. The Balaban J connectivity index is 2.62. The first-order valence-electron chi connectivity index (χ1n) is 4.57. The number of halogens is 1. The molecule has 0 saturated carbocycles. The zero-order chi connectivity index (χ0) is 9.84. The van der Waals surface area contributed by atoms with E-state index in [1.807, 2.05) is 4.57 Å². The SMILES string of the molecule is CC(C)C(C)Cn1cnnc1CCl. The third-order valence-corrected chi connectivity index (χ3v) is 2.68. The maximum atomic E-state index is 5.71. The highest BCUT2D eigenvalue weighted by Crippen LogP contribution is 2.13. The van der Waals surface area contributed by atoms with Crippen LogP contribution in [-0.2, 0) is 12.4 Å². The summed E-state index contributed by atoms with van der Waals surface area (Å²) in [6.07, 6.45) is 1.75. The molecular formula is C9H16ClN3. The van der Waals surface area contributed by atoms with Crippen molar-refractivity contribution in [3.63, 3.8) is 0 Å². The predicted molar refractivity (Wildman–Crippen MR) is 53.6 cm³/mol. The molecular weight excluding hydrogens is 186 g/mol. The van der Waals surface area contributed by atoms with Gasteiger partial charge in [-0.1, -0.05) is 20.8 Å². The van der Waals surface area contributed by atoms with Crippen LogP contribution >= 0.6 is 11.6 Å². The van der Waals surface area contributed by atoms with Gasteiger partial charge in [0.2, 0.25) is 0 Å². The third-order valence-electron chi connectivity index (χ3n) is 2.44. The average molecular weight is 202 g/mol. The lowest BCUT2D eigenvalue weighted by molar-refractivity contribution is 0.361. The normalized spacial score (nSPS) is 13.6. The van der Waals surface area contributed by atoms with Gasteiger partial charge in [-0.3, -0.25) is 0 Å². The third kappa shape index (κ3) is 2.69. The maximum absolute atomic E-state index is 5.71. The topological polar surface area (TPSA) is 30.7 Å². The smallest absolute Gasteiger partial charge is 0.147 e. The van der Waals surface area contributed by atoms with Crippen molar-refractivity contribution in [3.05, 3.63) is 12.2 Å². The summed E-state index contributed by atoms with van der Waals surface area (Å²) in [5.74, 6) is 2.59. The van der Waals surface area contributed by atoms with Gasteiger partial charge in [-0.15, -0.1) is 21.8 Å². The molecule has 0 saturated heterocycles. The molecule has 74 valence electrons. The molecule has 4 heteroatoms. The Hall–Kier alpha value is -0.570. The van der Waals surface area contributed by atoms with Gasteiger partial charge in [0.1, 0.15) is 12.2 Å². The Kier molecular flexibility index (Phi) is 3.72.